The van der Waals surface area contributed by atoms with E-state index in [2.05, 4.69) is 34.7 Å². The fourth-order valence-corrected chi connectivity index (χ4v) is 3.28. The van der Waals surface area contributed by atoms with Crippen molar-refractivity contribution >= 4 is 41.3 Å². The summed E-state index contributed by atoms with van der Waals surface area (Å²) in [6.07, 6.45) is -3.38. The molecule has 0 saturated carbocycles. The molecular formula is C19H25F3IN3O2S. The van der Waals surface area contributed by atoms with Gasteiger partial charge in [0.15, 0.2) is 24.1 Å². The molecule has 0 amide bonds. The topological polar surface area (TPSA) is 54.9 Å². The molecule has 162 valence electrons. The van der Waals surface area contributed by atoms with Crippen molar-refractivity contribution in [2.75, 3.05) is 20.8 Å². The Morgan fingerprint density at radius 1 is 1.07 bits per heavy atom. The lowest BCUT2D eigenvalue weighted by atomic mass is 10.2. The molecule has 0 atom stereocenters. The van der Waals surface area contributed by atoms with E-state index in [9.17, 15) is 13.2 Å². The van der Waals surface area contributed by atoms with Crippen molar-refractivity contribution in [3.05, 3.63) is 45.6 Å². The second-order valence-electron chi connectivity index (χ2n) is 5.89. The number of hydrogen-bond donors (Lipinski definition) is 2. The first-order chi connectivity index (χ1) is 13.3. The number of methoxy groups -OCH3 is 1. The Hall–Kier alpha value is -1.69. The molecule has 0 saturated heterocycles. The van der Waals surface area contributed by atoms with Gasteiger partial charge in [-0.1, -0.05) is 13.0 Å². The molecule has 0 unspecified atom stereocenters. The number of rotatable bonds is 8. The number of guanidine groups is 1. The van der Waals surface area contributed by atoms with Crippen molar-refractivity contribution in [3.63, 3.8) is 0 Å². The van der Waals surface area contributed by atoms with Crippen molar-refractivity contribution in [2.24, 2.45) is 4.99 Å². The lowest BCUT2D eigenvalue weighted by Crippen LogP contribution is -2.36. The second-order valence-corrected chi connectivity index (χ2v) is 7.14. The summed E-state index contributed by atoms with van der Waals surface area (Å²) in [5.74, 6) is 0.926. The van der Waals surface area contributed by atoms with Crippen LogP contribution in [0.2, 0.25) is 0 Å². The summed E-state index contributed by atoms with van der Waals surface area (Å²) in [6.45, 7) is 1.86. The monoisotopic (exact) mass is 543 g/mol. The molecule has 1 heterocycles. The van der Waals surface area contributed by atoms with E-state index in [1.165, 1.54) is 22.9 Å². The lowest BCUT2D eigenvalue weighted by molar-refractivity contribution is -0.153. The van der Waals surface area contributed by atoms with Crippen molar-refractivity contribution in [2.45, 2.75) is 32.6 Å². The van der Waals surface area contributed by atoms with Crippen LogP contribution in [-0.4, -0.2) is 32.9 Å². The Labute approximate surface area is 189 Å². The van der Waals surface area contributed by atoms with Gasteiger partial charge in [0.05, 0.1) is 13.7 Å². The molecule has 1 aromatic carbocycles. The summed E-state index contributed by atoms with van der Waals surface area (Å²) in [7, 11) is 3.06. The maximum Gasteiger partial charge on any atom is 0.422 e. The van der Waals surface area contributed by atoms with Crippen LogP contribution in [0.4, 0.5) is 13.2 Å². The van der Waals surface area contributed by atoms with Crippen LogP contribution >= 0.6 is 35.3 Å². The van der Waals surface area contributed by atoms with Gasteiger partial charge in [-0.3, -0.25) is 4.99 Å². The third kappa shape index (κ3) is 8.69. The average molecular weight is 543 g/mol. The number of aryl methyl sites for hydroxylation is 1. The molecule has 5 nitrogen and oxygen atoms in total. The smallest absolute Gasteiger partial charge is 0.422 e. The number of thiophene rings is 1. The predicted molar refractivity (Wildman–Crippen MR) is 121 cm³/mol. The van der Waals surface area contributed by atoms with Crippen molar-refractivity contribution in [1.29, 1.82) is 0 Å². The highest BCUT2D eigenvalue weighted by atomic mass is 127. The van der Waals surface area contributed by atoms with E-state index in [-0.39, 0.29) is 35.5 Å². The molecule has 2 N–H and O–H groups in total. The number of aliphatic imine (C=N–C) groups is 1. The van der Waals surface area contributed by atoms with Gasteiger partial charge in [-0.15, -0.1) is 35.3 Å². The molecule has 2 rings (SSSR count). The van der Waals surface area contributed by atoms with Gasteiger partial charge in [0.25, 0.3) is 0 Å². The van der Waals surface area contributed by atoms with Gasteiger partial charge in [0.1, 0.15) is 0 Å². The lowest BCUT2D eigenvalue weighted by Gasteiger charge is -2.15. The Morgan fingerprint density at radius 3 is 2.34 bits per heavy atom. The van der Waals surface area contributed by atoms with Crippen LogP contribution < -0.4 is 20.1 Å². The van der Waals surface area contributed by atoms with Crippen LogP contribution in [0.3, 0.4) is 0 Å². The number of ether oxygens (including phenoxy) is 2. The van der Waals surface area contributed by atoms with Gasteiger partial charge < -0.3 is 20.1 Å². The minimum Gasteiger partial charge on any atom is -0.493 e. The molecule has 0 spiro atoms. The highest BCUT2D eigenvalue weighted by Crippen LogP contribution is 2.29. The van der Waals surface area contributed by atoms with Crippen molar-refractivity contribution in [1.82, 2.24) is 10.6 Å². The molecule has 0 aliphatic heterocycles. The Morgan fingerprint density at radius 2 is 1.76 bits per heavy atom. The zero-order valence-corrected chi connectivity index (χ0v) is 19.6. The molecule has 10 heteroatoms. The molecule has 2 aromatic rings. The van der Waals surface area contributed by atoms with E-state index in [1.807, 2.05) is 0 Å². The third-order valence-corrected chi connectivity index (χ3v) is 5.03. The summed E-state index contributed by atoms with van der Waals surface area (Å²) < 4.78 is 46.9. The highest BCUT2D eigenvalue weighted by Gasteiger charge is 2.29. The normalized spacial score (nSPS) is 11.6. The fourth-order valence-electron chi connectivity index (χ4n) is 2.39. The van der Waals surface area contributed by atoms with Crippen LogP contribution in [0.5, 0.6) is 11.5 Å². The van der Waals surface area contributed by atoms with E-state index < -0.39 is 12.8 Å². The molecular weight excluding hydrogens is 518 g/mol. The van der Waals surface area contributed by atoms with Crippen LogP contribution in [-0.2, 0) is 19.5 Å². The highest BCUT2D eigenvalue weighted by molar-refractivity contribution is 14.0. The molecule has 0 fully saturated rings. The van der Waals surface area contributed by atoms with Gasteiger partial charge in [-0.2, -0.15) is 13.2 Å². The van der Waals surface area contributed by atoms with Crippen LogP contribution in [0.25, 0.3) is 0 Å². The fraction of sp³-hybridized carbons (Fsp3) is 0.421. The van der Waals surface area contributed by atoms with Crippen LogP contribution in [0, 0.1) is 0 Å². The van der Waals surface area contributed by atoms with Gasteiger partial charge in [-0.05, 0) is 36.2 Å². The molecule has 29 heavy (non-hydrogen) atoms. The van der Waals surface area contributed by atoms with Crippen molar-refractivity contribution < 1.29 is 22.6 Å². The zero-order valence-electron chi connectivity index (χ0n) is 16.4. The summed E-state index contributed by atoms with van der Waals surface area (Å²) >= 11 is 1.76. The minimum absolute atomic E-state index is 0. The third-order valence-electron chi connectivity index (χ3n) is 3.80. The maximum absolute atomic E-state index is 12.3. The van der Waals surface area contributed by atoms with Crippen molar-refractivity contribution in [3.8, 4) is 11.5 Å². The van der Waals surface area contributed by atoms with E-state index in [0.29, 0.717) is 19.0 Å². The molecule has 0 radical (unpaired) electrons. The Balaban J connectivity index is 0.00000420. The van der Waals surface area contributed by atoms with Gasteiger partial charge in [0, 0.05) is 23.3 Å². The Kier molecular flexibility index (Phi) is 10.6. The summed E-state index contributed by atoms with van der Waals surface area (Å²) in [6, 6.07) is 9.00. The number of hydrogen-bond acceptors (Lipinski definition) is 4. The second kappa shape index (κ2) is 12.1. The number of nitrogens with zero attached hydrogens (tertiary/aromatic N) is 1. The molecule has 0 bridgehead atoms. The van der Waals surface area contributed by atoms with Crippen LogP contribution in [0.1, 0.15) is 22.2 Å². The van der Waals surface area contributed by atoms with E-state index in [4.69, 9.17) is 9.47 Å². The number of halogens is 4. The van der Waals surface area contributed by atoms with Crippen LogP contribution in [0.15, 0.2) is 35.3 Å². The maximum atomic E-state index is 12.3. The van der Waals surface area contributed by atoms with Gasteiger partial charge in [0.2, 0.25) is 0 Å². The first-order valence-corrected chi connectivity index (χ1v) is 9.54. The first-order valence-electron chi connectivity index (χ1n) is 8.73. The van der Waals surface area contributed by atoms with Gasteiger partial charge in [-0.25, -0.2) is 0 Å². The first kappa shape index (κ1) is 25.3. The quantitative estimate of drug-likeness (QED) is 0.287. The number of alkyl halides is 3. The zero-order chi connectivity index (χ0) is 20.6. The van der Waals surface area contributed by atoms with E-state index >= 15 is 0 Å². The molecule has 0 aliphatic carbocycles. The summed E-state index contributed by atoms with van der Waals surface area (Å²) in [5.41, 5.74) is 0.823. The predicted octanol–water partition coefficient (Wildman–Crippen LogP) is 4.74. The number of nitrogens with one attached hydrogen (secondary N) is 2. The molecule has 0 aliphatic rings. The number of benzene rings is 1. The minimum atomic E-state index is -4.40. The average Bonchev–Trinajstić information content (AvgIpc) is 3.14. The van der Waals surface area contributed by atoms with Gasteiger partial charge >= 0.3 is 6.18 Å². The largest absolute Gasteiger partial charge is 0.493 e. The molecule has 1 aromatic heterocycles. The Bertz CT molecular complexity index is 797. The summed E-state index contributed by atoms with van der Waals surface area (Å²) in [5, 5.41) is 6.41. The standard InChI is InChI=1S/C19H24F3N3O2S.HI/c1-4-14-6-7-15(28-14)11-25-18(23-2)24-10-13-5-8-16(17(9-13)26-3)27-12-19(20,21)22;/h5-9H,4,10-12H2,1-3H3,(H2,23,24,25);1H. The van der Waals surface area contributed by atoms with E-state index in [1.54, 1.807) is 30.5 Å². The summed E-state index contributed by atoms with van der Waals surface area (Å²) in [4.78, 5) is 6.73. The van der Waals surface area contributed by atoms with E-state index in [0.717, 1.165) is 12.0 Å². The SMILES string of the molecule is CCc1ccc(CNC(=NC)NCc2ccc(OCC(F)(F)F)c(OC)c2)s1.I.